The third kappa shape index (κ3) is 4.34. The van der Waals surface area contributed by atoms with E-state index in [4.69, 9.17) is 11.6 Å². The zero-order valence-electron chi connectivity index (χ0n) is 15.5. The fourth-order valence-electron chi connectivity index (χ4n) is 2.82. The SMILES string of the molecule is O=C(Nc1ccccc1C(=O)Nc1cccc(Cl)c1)c1cccc(-n2cnnn2)c1. The number of para-hydroxylation sites is 1. The number of carbonyl (C=O) groups is 2. The number of amides is 2. The quantitative estimate of drug-likeness (QED) is 0.513. The Balaban J connectivity index is 1.55. The minimum Gasteiger partial charge on any atom is -0.322 e. The highest BCUT2D eigenvalue weighted by Gasteiger charge is 2.15. The van der Waals surface area contributed by atoms with Crippen LogP contribution in [0.5, 0.6) is 0 Å². The second-order valence-electron chi connectivity index (χ2n) is 6.27. The fraction of sp³-hybridized carbons (Fsp3) is 0. The molecular weight excluding hydrogens is 404 g/mol. The predicted octanol–water partition coefficient (Wildman–Crippen LogP) is 3.82. The van der Waals surface area contributed by atoms with Crippen molar-refractivity contribution >= 4 is 34.8 Å². The summed E-state index contributed by atoms with van der Waals surface area (Å²) in [6.45, 7) is 0. The van der Waals surface area contributed by atoms with Gasteiger partial charge in [0.05, 0.1) is 16.9 Å². The number of hydrogen-bond acceptors (Lipinski definition) is 5. The summed E-state index contributed by atoms with van der Waals surface area (Å²) < 4.78 is 1.45. The molecule has 3 aromatic carbocycles. The standard InChI is InChI=1S/C21H15ClN6O2/c22-15-6-4-7-16(12-15)24-21(30)18-9-1-2-10-19(18)25-20(29)14-5-3-8-17(11-14)28-13-23-26-27-28/h1-13H,(H,24,30)(H,25,29). The number of carbonyl (C=O) groups excluding carboxylic acids is 2. The van der Waals surface area contributed by atoms with E-state index in [1.165, 1.54) is 11.0 Å². The number of anilines is 2. The molecule has 9 heteroatoms. The third-order valence-corrected chi connectivity index (χ3v) is 4.46. The van der Waals surface area contributed by atoms with Gasteiger partial charge in [-0.3, -0.25) is 9.59 Å². The van der Waals surface area contributed by atoms with Crippen LogP contribution in [0.2, 0.25) is 5.02 Å². The van der Waals surface area contributed by atoms with Crippen molar-refractivity contribution < 1.29 is 9.59 Å². The Hall–Kier alpha value is -4.04. The van der Waals surface area contributed by atoms with Gasteiger partial charge in [-0.05, 0) is 59.0 Å². The second kappa shape index (κ2) is 8.54. The first kappa shape index (κ1) is 19.3. The van der Waals surface area contributed by atoms with Crippen molar-refractivity contribution in [3.05, 3.63) is 95.3 Å². The molecule has 0 saturated heterocycles. The molecule has 4 rings (SSSR count). The molecule has 0 spiro atoms. The molecule has 0 aliphatic carbocycles. The van der Waals surface area contributed by atoms with E-state index in [1.807, 2.05) is 0 Å². The highest BCUT2D eigenvalue weighted by molar-refractivity contribution is 6.31. The minimum absolute atomic E-state index is 0.322. The first-order valence-corrected chi connectivity index (χ1v) is 9.29. The van der Waals surface area contributed by atoms with Crippen molar-refractivity contribution in [3.63, 3.8) is 0 Å². The molecule has 30 heavy (non-hydrogen) atoms. The topological polar surface area (TPSA) is 102 Å². The third-order valence-electron chi connectivity index (χ3n) is 4.22. The summed E-state index contributed by atoms with van der Waals surface area (Å²) in [5.74, 6) is -0.733. The van der Waals surface area contributed by atoms with E-state index in [0.29, 0.717) is 33.2 Å². The first-order chi connectivity index (χ1) is 14.6. The summed E-state index contributed by atoms with van der Waals surface area (Å²) in [4.78, 5) is 25.5. The summed E-state index contributed by atoms with van der Waals surface area (Å²) in [5, 5.41) is 17.1. The van der Waals surface area contributed by atoms with E-state index in [-0.39, 0.29) is 11.8 Å². The molecule has 2 N–H and O–H groups in total. The van der Waals surface area contributed by atoms with Crippen LogP contribution >= 0.6 is 11.6 Å². The fourth-order valence-corrected chi connectivity index (χ4v) is 3.01. The largest absolute Gasteiger partial charge is 0.322 e. The molecule has 2 amide bonds. The molecule has 4 aromatic rings. The van der Waals surface area contributed by atoms with Crippen LogP contribution in [-0.4, -0.2) is 32.0 Å². The number of nitrogens with zero attached hydrogens (tertiary/aromatic N) is 4. The lowest BCUT2D eigenvalue weighted by atomic mass is 10.1. The predicted molar refractivity (Wildman–Crippen MR) is 113 cm³/mol. The van der Waals surface area contributed by atoms with Gasteiger partial charge in [-0.2, -0.15) is 0 Å². The maximum atomic E-state index is 12.8. The Morgan fingerprint density at radius 3 is 2.50 bits per heavy atom. The lowest BCUT2D eigenvalue weighted by Crippen LogP contribution is -2.18. The van der Waals surface area contributed by atoms with E-state index in [1.54, 1.807) is 72.8 Å². The number of benzene rings is 3. The van der Waals surface area contributed by atoms with Crippen molar-refractivity contribution in [2.24, 2.45) is 0 Å². The highest BCUT2D eigenvalue weighted by atomic mass is 35.5. The molecule has 0 radical (unpaired) electrons. The summed E-state index contributed by atoms with van der Waals surface area (Å²) in [5.41, 5.74) is 2.30. The van der Waals surface area contributed by atoms with Gasteiger partial charge < -0.3 is 10.6 Å². The zero-order valence-corrected chi connectivity index (χ0v) is 16.2. The zero-order chi connectivity index (χ0) is 20.9. The lowest BCUT2D eigenvalue weighted by molar-refractivity contribution is 0.102. The van der Waals surface area contributed by atoms with Crippen LogP contribution in [0.15, 0.2) is 79.1 Å². The number of nitrogens with one attached hydrogen (secondary N) is 2. The molecule has 0 fully saturated rings. The van der Waals surface area contributed by atoms with Gasteiger partial charge in [0.25, 0.3) is 11.8 Å². The maximum absolute atomic E-state index is 12.8. The van der Waals surface area contributed by atoms with Crippen LogP contribution in [0, 0.1) is 0 Å². The normalized spacial score (nSPS) is 10.4. The number of halogens is 1. The minimum atomic E-state index is -0.368. The van der Waals surface area contributed by atoms with E-state index >= 15 is 0 Å². The van der Waals surface area contributed by atoms with Crippen LogP contribution in [0.3, 0.4) is 0 Å². The Kier molecular flexibility index (Phi) is 5.49. The lowest BCUT2D eigenvalue weighted by Gasteiger charge is -2.12. The molecule has 0 unspecified atom stereocenters. The molecule has 0 aliphatic heterocycles. The van der Waals surface area contributed by atoms with Gasteiger partial charge in [-0.15, -0.1) is 5.10 Å². The van der Waals surface area contributed by atoms with Crippen LogP contribution in [0.4, 0.5) is 11.4 Å². The van der Waals surface area contributed by atoms with Gasteiger partial charge in [-0.1, -0.05) is 35.9 Å². The first-order valence-electron chi connectivity index (χ1n) is 8.91. The number of aromatic nitrogens is 4. The van der Waals surface area contributed by atoms with Gasteiger partial charge in [0.15, 0.2) is 0 Å². The van der Waals surface area contributed by atoms with Gasteiger partial charge in [0.1, 0.15) is 6.33 Å². The Morgan fingerprint density at radius 1 is 0.867 bits per heavy atom. The number of rotatable bonds is 5. The van der Waals surface area contributed by atoms with E-state index in [0.717, 1.165) is 0 Å². The molecule has 8 nitrogen and oxygen atoms in total. The smallest absolute Gasteiger partial charge is 0.257 e. The summed E-state index contributed by atoms with van der Waals surface area (Å²) in [7, 11) is 0. The summed E-state index contributed by atoms with van der Waals surface area (Å²) >= 11 is 5.97. The Morgan fingerprint density at radius 2 is 1.70 bits per heavy atom. The summed E-state index contributed by atoms with van der Waals surface area (Å²) in [6, 6.07) is 20.4. The van der Waals surface area contributed by atoms with Crippen LogP contribution in [0.1, 0.15) is 20.7 Å². The molecule has 0 aliphatic rings. The molecule has 0 saturated carbocycles. The van der Waals surface area contributed by atoms with Crippen molar-refractivity contribution in [2.45, 2.75) is 0 Å². The van der Waals surface area contributed by atoms with E-state index in [2.05, 4.69) is 26.2 Å². The van der Waals surface area contributed by atoms with Gasteiger partial charge in [0, 0.05) is 16.3 Å². The van der Waals surface area contributed by atoms with Crippen molar-refractivity contribution in [3.8, 4) is 5.69 Å². The highest BCUT2D eigenvalue weighted by Crippen LogP contribution is 2.20. The molecular formula is C21H15ClN6O2. The number of tetrazole rings is 1. The van der Waals surface area contributed by atoms with E-state index in [9.17, 15) is 9.59 Å². The molecule has 0 atom stereocenters. The monoisotopic (exact) mass is 418 g/mol. The van der Waals surface area contributed by atoms with Gasteiger partial charge >= 0.3 is 0 Å². The Bertz CT molecular complexity index is 1210. The van der Waals surface area contributed by atoms with Crippen molar-refractivity contribution in [2.75, 3.05) is 10.6 Å². The molecule has 148 valence electrons. The average Bonchev–Trinajstić information content (AvgIpc) is 3.29. The molecule has 1 aromatic heterocycles. The van der Waals surface area contributed by atoms with Crippen molar-refractivity contribution in [1.29, 1.82) is 0 Å². The summed E-state index contributed by atoms with van der Waals surface area (Å²) in [6.07, 6.45) is 1.44. The van der Waals surface area contributed by atoms with E-state index < -0.39 is 0 Å². The molecule has 0 bridgehead atoms. The van der Waals surface area contributed by atoms with Crippen LogP contribution < -0.4 is 10.6 Å². The maximum Gasteiger partial charge on any atom is 0.257 e. The average molecular weight is 419 g/mol. The molecule has 1 heterocycles. The van der Waals surface area contributed by atoms with Crippen LogP contribution in [-0.2, 0) is 0 Å². The second-order valence-corrected chi connectivity index (χ2v) is 6.71. The number of hydrogen-bond donors (Lipinski definition) is 2. The van der Waals surface area contributed by atoms with Gasteiger partial charge in [0.2, 0.25) is 0 Å². The van der Waals surface area contributed by atoms with Crippen molar-refractivity contribution in [1.82, 2.24) is 20.2 Å². The van der Waals surface area contributed by atoms with Crippen LogP contribution in [0.25, 0.3) is 5.69 Å². The Labute approximate surface area is 176 Å². The van der Waals surface area contributed by atoms with Gasteiger partial charge in [-0.25, -0.2) is 4.68 Å².